The van der Waals surface area contributed by atoms with Gasteiger partial charge < -0.3 is 15.4 Å². The van der Waals surface area contributed by atoms with Gasteiger partial charge in [-0.1, -0.05) is 20.3 Å². The van der Waals surface area contributed by atoms with Gasteiger partial charge in [0.1, 0.15) is 5.60 Å². The summed E-state index contributed by atoms with van der Waals surface area (Å²) >= 11 is 0. The van der Waals surface area contributed by atoms with Crippen molar-refractivity contribution < 1.29 is 9.53 Å². The first-order valence-corrected chi connectivity index (χ1v) is 8.87. The zero-order valence-corrected chi connectivity index (χ0v) is 15.0. The van der Waals surface area contributed by atoms with Crippen molar-refractivity contribution in [2.24, 2.45) is 11.3 Å². The van der Waals surface area contributed by atoms with Gasteiger partial charge in [0.15, 0.2) is 0 Å². The number of hydrogen-bond donors (Lipinski definition) is 2. The van der Waals surface area contributed by atoms with Crippen LogP contribution in [-0.2, 0) is 4.74 Å². The average Bonchev–Trinajstić information content (AvgIpc) is 2.92. The summed E-state index contributed by atoms with van der Waals surface area (Å²) < 4.78 is 5.32. The van der Waals surface area contributed by atoms with Crippen LogP contribution < -0.4 is 10.6 Å². The summed E-state index contributed by atoms with van der Waals surface area (Å²) in [7, 11) is 0. The zero-order chi connectivity index (χ0) is 16.4. The molecule has 2 fully saturated rings. The van der Waals surface area contributed by atoms with E-state index in [9.17, 15) is 4.79 Å². The van der Waals surface area contributed by atoms with Gasteiger partial charge in [-0.15, -0.1) is 0 Å². The number of rotatable bonds is 4. The van der Waals surface area contributed by atoms with E-state index < -0.39 is 5.60 Å². The molecule has 22 heavy (non-hydrogen) atoms. The first kappa shape index (κ1) is 17.6. The van der Waals surface area contributed by atoms with Crippen molar-refractivity contribution in [3.8, 4) is 0 Å². The van der Waals surface area contributed by atoms with Crippen molar-refractivity contribution in [1.82, 2.24) is 10.6 Å². The van der Waals surface area contributed by atoms with Gasteiger partial charge in [-0.2, -0.15) is 0 Å². The lowest BCUT2D eigenvalue weighted by atomic mass is 9.91. The molecule has 3 atom stereocenters. The van der Waals surface area contributed by atoms with Gasteiger partial charge in [0.2, 0.25) is 0 Å². The Bertz CT molecular complexity index is 387. The molecule has 0 aromatic carbocycles. The van der Waals surface area contributed by atoms with Crippen LogP contribution in [0.3, 0.4) is 0 Å². The molecule has 0 aliphatic heterocycles. The topological polar surface area (TPSA) is 50.4 Å². The molecule has 0 aromatic heterocycles. The van der Waals surface area contributed by atoms with Crippen LogP contribution in [0.15, 0.2) is 0 Å². The van der Waals surface area contributed by atoms with Gasteiger partial charge in [0.25, 0.3) is 0 Å². The molecular weight excluding hydrogens is 276 g/mol. The van der Waals surface area contributed by atoms with E-state index in [1.807, 2.05) is 20.8 Å². The second-order valence-corrected chi connectivity index (χ2v) is 8.95. The molecule has 2 saturated carbocycles. The maximum absolute atomic E-state index is 11.8. The minimum Gasteiger partial charge on any atom is -0.444 e. The Kier molecular flexibility index (Phi) is 5.41. The summed E-state index contributed by atoms with van der Waals surface area (Å²) in [5.74, 6) is 0.538. The molecule has 2 aliphatic rings. The van der Waals surface area contributed by atoms with Crippen LogP contribution in [0.2, 0.25) is 0 Å². The van der Waals surface area contributed by atoms with Gasteiger partial charge >= 0.3 is 6.09 Å². The van der Waals surface area contributed by atoms with E-state index in [1.165, 1.54) is 38.5 Å². The standard InChI is InChI=1S/C18H34N2O2/c1-17(2,3)22-16(21)19-12-13-7-6-8-15(13)20-14-9-10-18(4,5)11-14/h13-15,20H,6-12H2,1-5H3,(H,19,21). The Morgan fingerprint density at radius 1 is 1.23 bits per heavy atom. The van der Waals surface area contributed by atoms with Crippen molar-refractivity contribution in [1.29, 1.82) is 0 Å². The third-order valence-electron chi connectivity index (χ3n) is 4.98. The molecular formula is C18H34N2O2. The Balaban J connectivity index is 1.75. The predicted octanol–water partition coefficient (Wildman–Crippen LogP) is 3.85. The molecule has 2 rings (SSSR count). The molecule has 0 aromatic rings. The lowest BCUT2D eigenvalue weighted by molar-refractivity contribution is 0.0517. The van der Waals surface area contributed by atoms with Crippen LogP contribution in [0, 0.1) is 11.3 Å². The van der Waals surface area contributed by atoms with Crippen LogP contribution >= 0.6 is 0 Å². The summed E-state index contributed by atoms with van der Waals surface area (Å²) in [5.41, 5.74) is 0.0629. The number of carbonyl (C=O) groups is 1. The monoisotopic (exact) mass is 310 g/mol. The van der Waals surface area contributed by atoms with E-state index in [1.54, 1.807) is 0 Å². The van der Waals surface area contributed by atoms with E-state index in [2.05, 4.69) is 24.5 Å². The summed E-state index contributed by atoms with van der Waals surface area (Å²) in [4.78, 5) is 11.8. The Morgan fingerprint density at radius 2 is 1.95 bits per heavy atom. The molecule has 4 nitrogen and oxygen atoms in total. The zero-order valence-electron chi connectivity index (χ0n) is 15.0. The molecule has 4 heteroatoms. The third kappa shape index (κ3) is 5.45. The van der Waals surface area contributed by atoms with Gasteiger partial charge in [0, 0.05) is 18.6 Å². The summed E-state index contributed by atoms with van der Waals surface area (Å²) in [5, 5.41) is 6.81. The fourth-order valence-corrected chi connectivity index (χ4v) is 3.91. The first-order valence-electron chi connectivity index (χ1n) is 8.87. The van der Waals surface area contributed by atoms with Crippen LogP contribution in [0.25, 0.3) is 0 Å². The van der Waals surface area contributed by atoms with Gasteiger partial charge in [0.05, 0.1) is 0 Å². The number of carbonyl (C=O) groups excluding carboxylic acids is 1. The number of amides is 1. The summed E-state index contributed by atoms with van der Waals surface area (Å²) in [6.45, 7) is 11.1. The van der Waals surface area contributed by atoms with Crippen LogP contribution in [0.4, 0.5) is 4.79 Å². The molecule has 0 bridgehead atoms. The van der Waals surface area contributed by atoms with Gasteiger partial charge in [-0.05, 0) is 64.2 Å². The molecule has 2 N–H and O–H groups in total. The van der Waals surface area contributed by atoms with Crippen LogP contribution in [-0.4, -0.2) is 30.3 Å². The largest absolute Gasteiger partial charge is 0.444 e. The maximum Gasteiger partial charge on any atom is 0.407 e. The van der Waals surface area contributed by atoms with E-state index in [4.69, 9.17) is 4.74 Å². The number of nitrogens with one attached hydrogen (secondary N) is 2. The van der Waals surface area contributed by atoms with Crippen molar-refractivity contribution >= 4 is 6.09 Å². The first-order chi connectivity index (χ1) is 10.1. The molecule has 0 radical (unpaired) electrons. The van der Waals surface area contributed by atoms with Crippen molar-refractivity contribution in [3.63, 3.8) is 0 Å². The Morgan fingerprint density at radius 3 is 2.55 bits per heavy atom. The maximum atomic E-state index is 11.8. The average molecular weight is 310 g/mol. The van der Waals surface area contributed by atoms with Crippen LogP contribution in [0.5, 0.6) is 0 Å². The second kappa shape index (κ2) is 6.77. The van der Waals surface area contributed by atoms with Crippen molar-refractivity contribution in [3.05, 3.63) is 0 Å². The minimum absolute atomic E-state index is 0.292. The van der Waals surface area contributed by atoms with Gasteiger partial charge in [-0.25, -0.2) is 4.79 Å². The number of hydrogen-bond acceptors (Lipinski definition) is 3. The number of alkyl carbamates (subject to hydrolysis) is 1. The Labute approximate surface area is 135 Å². The normalized spacial score (nSPS) is 31.2. The fraction of sp³-hybridized carbons (Fsp3) is 0.944. The fourth-order valence-electron chi connectivity index (χ4n) is 3.91. The minimum atomic E-state index is -0.424. The lowest BCUT2D eigenvalue weighted by Gasteiger charge is -2.27. The van der Waals surface area contributed by atoms with Crippen molar-refractivity contribution in [2.75, 3.05) is 6.54 Å². The second-order valence-electron chi connectivity index (χ2n) is 8.95. The molecule has 2 aliphatic carbocycles. The molecule has 0 heterocycles. The summed E-state index contributed by atoms with van der Waals surface area (Å²) in [6, 6.07) is 1.20. The lowest BCUT2D eigenvalue weighted by Crippen LogP contribution is -2.44. The van der Waals surface area contributed by atoms with Crippen molar-refractivity contribution in [2.45, 2.75) is 90.8 Å². The van der Waals surface area contributed by atoms with E-state index in [-0.39, 0.29) is 6.09 Å². The molecule has 128 valence electrons. The highest BCUT2D eigenvalue weighted by Gasteiger charge is 2.35. The predicted molar refractivity (Wildman–Crippen MR) is 89.9 cm³/mol. The highest BCUT2D eigenvalue weighted by atomic mass is 16.6. The van der Waals surface area contributed by atoms with Gasteiger partial charge in [-0.3, -0.25) is 0 Å². The Hall–Kier alpha value is -0.770. The molecule has 3 unspecified atom stereocenters. The quantitative estimate of drug-likeness (QED) is 0.829. The highest BCUT2D eigenvalue weighted by Crippen LogP contribution is 2.38. The number of ether oxygens (including phenoxy) is 1. The smallest absolute Gasteiger partial charge is 0.407 e. The van der Waals surface area contributed by atoms with Crippen LogP contribution in [0.1, 0.15) is 73.1 Å². The molecule has 0 saturated heterocycles. The molecule has 0 spiro atoms. The highest BCUT2D eigenvalue weighted by molar-refractivity contribution is 5.67. The summed E-state index contributed by atoms with van der Waals surface area (Å²) in [6.07, 6.45) is 7.28. The van der Waals surface area contributed by atoms with E-state index in [0.717, 1.165) is 6.54 Å². The third-order valence-corrected chi connectivity index (χ3v) is 4.98. The van der Waals surface area contributed by atoms with E-state index in [0.29, 0.717) is 23.4 Å². The SMILES string of the molecule is CC1(C)CCC(NC2CCCC2CNC(=O)OC(C)(C)C)C1. The molecule has 1 amide bonds. The van der Waals surface area contributed by atoms with E-state index >= 15 is 0 Å².